The van der Waals surface area contributed by atoms with Crippen LogP contribution in [0.25, 0.3) is 0 Å². The van der Waals surface area contributed by atoms with E-state index in [1.807, 2.05) is 6.92 Å². The van der Waals surface area contributed by atoms with Gasteiger partial charge in [0.25, 0.3) is 0 Å². The number of ether oxygens (including phenoxy) is 1. The van der Waals surface area contributed by atoms with Crippen LogP contribution in [0.4, 0.5) is 0 Å². The maximum absolute atomic E-state index is 11.4. The average Bonchev–Trinajstić information content (AvgIpc) is 2.65. The van der Waals surface area contributed by atoms with Crippen molar-refractivity contribution in [2.75, 3.05) is 13.2 Å². The van der Waals surface area contributed by atoms with Gasteiger partial charge in [-0.3, -0.25) is 4.79 Å². The van der Waals surface area contributed by atoms with Crippen LogP contribution in [0.3, 0.4) is 0 Å². The zero-order valence-corrected chi connectivity index (χ0v) is 9.53. The highest BCUT2D eigenvalue weighted by molar-refractivity contribution is 5.75. The number of hydrogen-bond acceptors (Lipinski definition) is 4. The van der Waals surface area contributed by atoms with Crippen molar-refractivity contribution in [2.24, 2.45) is 5.92 Å². The van der Waals surface area contributed by atoms with Gasteiger partial charge in [-0.05, 0) is 32.6 Å². The van der Waals surface area contributed by atoms with E-state index in [9.17, 15) is 4.79 Å². The summed E-state index contributed by atoms with van der Waals surface area (Å²) in [5.74, 6) is 0.0861. The van der Waals surface area contributed by atoms with Gasteiger partial charge in [0, 0.05) is 12.6 Å². The summed E-state index contributed by atoms with van der Waals surface area (Å²) >= 11 is 0. The second kappa shape index (κ2) is 6.08. The quantitative estimate of drug-likeness (QED) is 0.662. The number of hydrogen-bond donors (Lipinski definition) is 2. The van der Waals surface area contributed by atoms with Crippen molar-refractivity contribution in [1.29, 1.82) is 0 Å². The lowest BCUT2D eigenvalue weighted by Crippen LogP contribution is -2.44. The highest BCUT2D eigenvalue weighted by Crippen LogP contribution is 2.25. The fourth-order valence-corrected chi connectivity index (χ4v) is 2.13. The molecular weight excluding hydrogens is 194 g/mol. The fourth-order valence-electron chi connectivity index (χ4n) is 2.13. The molecule has 1 rings (SSSR count). The zero-order valence-electron chi connectivity index (χ0n) is 9.53. The smallest absolute Gasteiger partial charge is 0.322 e. The molecule has 0 saturated heterocycles. The van der Waals surface area contributed by atoms with Crippen molar-refractivity contribution in [3.05, 3.63) is 0 Å². The minimum Gasteiger partial charge on any atom is -0.465 e. The van der Waals surface area contributed by atoms with Crippen LogP contribution in [0.5, 0.6) is 0 Å². The van der Waals surface area contributed by atoms with Crippen LogP contribution in [0, 0.1) is 5.92 Å². The molecular formula is C11H21NO3. The minimum absolute atomic E-state index is 0.202. The van der Waals surface area contributed by atoms with E-state index < -0.39 is 0 Å². The molecule has 1 aliphatic rings. The Morgan fingerprint density at radius 2 is 2.33 bits per heavy atom. The summed E-state index contributed by atoms with van der Waals surface area (Å²) < 4.78 is 4.92. The highest BCUT2D eigenvalue weighted by atomic mass is 16.5. The molecule has 0 spiro atoms. The van der Waals surface area contributed by atoms with Crippen LogP contribution in [-0.4, -0.2) is 36.4 Å². The molecule has 0 radical (unpaired) electrons. The van der Waals surface area contributed by atoms with Crippen molar-refractivity contribution in [2.45, 2.75) is 45.2 Å². The maximum Gasteiger partial charge on any atom is 0.322 e. The van der Waals surface area contributed by atoms with E-state index in [2.05, 4.69) is 5.32 Å². The van der Waals surface area contributed by atoms with Crippen molar-refractivity contribution >= 4 is 5.97 Å². The Bertz CT molecular complexity index is 208. The van der Waals surface area contributed by atoms with Gasteiger partial charge in [0.1, 0.15) is 6.04 Å². The molecule has 3 unspecified atom stereocenters. The van der Waals surface area contributed by atoms with Gasteiger partial charge in [0.2, 0.25) is 0 Å². The van der Waals surface area contributed by atoms with Crippen LogP contribution in [0.15, 0.2) is 0 Å². The molecule has 0 amide bonds. The van der Waals surface area contributed by atoms with Crippen LogP contribution in [-0.2, 0) is 9.53 Å². The molecule has 4 nitrogen and oxygen atoms in total. The molecule has 0 aromatic rings. The van der Waals surface area contributed by atoms with Crippen LogP contribution >= 0.6 is 0 Å². The highest BCUT2D eigenvalue weighted by Gasteiger charge is 2.29. The number of aliphatic hydroxyl groups is 1. The van der Waals surface area contributed by atoms with E-state index in [4.69, 9.17) is 9.84 Å². The number of aliphatic hydroxyl groups excluding tert-OH is 1. The minimum atomic E-state index is -0.276. The Hall–Kier alpha value is -0.610. The van der Waals surface area contributed by atoms with Gasteiger partial charge in [0.05, 0.1) is 6.61 Å². The van der Waals surface area contributed by atoms with Crippen molar-refractivity contribution in [3.63, 3.8) is 0 Å². The number of carbonyl (C=O) groups is 1. The predicted molar refractivity (Wildman–Crippen MR) is 57.4 cm³/mol. The number of carbonyl (C=O) groups excluding carboxylic acids is 1. The molecule has 0 aliphatic heterocycles. The van der Waals surface area contributed by atoms with Crippen molar-refractivity contribution in [3.8, 4) is 0 Å². The second-order valence-electron chi connectivity index (χ2n) is 4.12. The predicted octanol–water partition coefficient (Wildman–Crippen LogP) is 0.689. The van der Waals surface area contributed by atoms with E-state index in [-0.39, 0.29) is 24.7 Å². The largest absolute Gasteiger partial charge is 0.465 e. The van der Waals surface area contributed by atoms with E-state index in [1.54, 1.807) is 6.92 Å². The first-order valence-corrected chi connectivity index (χ1v) is 5.72. The van der Waals surface area contributed by atoms with Crippen molar-refractivity contribution < 1.29 is 14.6 Å². The third-order valence-corrected chi connectivity index (χ3v) is 3.00. The van der Waals surface area contributed by atoms with Gasteiger partial charge in [-0.2, -0.15) is 0 Å². The first kappa shape index (κ1) is 12.5. The Kier molecular flexibility index (Phi) is 5.05. The lowest BCUT2D eigenvalue weighted by Gasteiger charge is -2.22. The SMILES string of the molecule is CCOC(=O)C(C)NC1CCCC1CO. The summed E-state index contributed by atoms with van der Waals surface area (Å²) in [5.41, 5.74) is 0. The first-order valence-electron chi connectivity index (χ1n) is 5.72. The summed E-state index contributed by atoms with van der Waals surface area (Å²) in [6.07, 6.45) is 3.21. The zero-order chi connectivity index (χ0) is 11.3. The Labute approximate surface area is 91.0 Å². The third-order valence-electron chi connectivity index (χ3n) is 3.00. The molecule has 2 N–H and O–H groups in total. The normalized spacial score (nSPS) is 27.7. The Morgan fingerprint density at radius 3 is 2.93 bits per heavy atom. The summed E-state index contributed by atoms with van der Waals surface area (Å²) in [4.78, 5) is 11.4. The average molecular weight is 215 g/mol. The summed E-state index contributed by atoms with van der Waals surface area (Å²) in [6, 6.07) is -0.0171. The molecule has 0 aromatic heterocycles. The molecule has 1 fully saturated rings. The van der Waals surface area contributed by atoms with Gasteiger partial charge in [0.15, 0.2) is 0 Å². The summed E-state index contributed by atoms with van der Waals surface area (Å²) in [7, 11) is 0. The number of esters is 1. The van der Waals surface area contributed by atoms with Gasteiger partial charge in [-0.15, -0.1) is 0 Å². The molecule has 3 atom stereocenters. The van der Waals surface area contributed by atoms with Crippen LogP contribution < -0.4 is 5.32 Å². The van der Waals surface area contributed by atoms with Crippen molar-refractivity contribution in [1.82, 2.24) is 5.32 Å². The molecule has 88 valence electrons. The molecule has 4 heteroatoms. The second-order valence-corrected chi connectivity index (χ2v) is 4.12. The Balaban J connectivity index is 2.36. The standard InChI is InChI=1S/C11H21NO3/c1-3-15-11(14)8(2)12-10-6-4-5-9(10)7-13/h8-10,12-13H,3-7H2,1-2H3. The summed E-state index contributed by atoms with van der Waals surface area (Å²) in [6.45, 7) is 4.23. The van der Waals surface area contributed by atoms with E-state index >= 15 is 0 Å². The molecule has 0 heterocycles. The third kappa shape index (κ3) is 3.47. The monoisotopic (exact) mass is 215 g/mol. The van der Waals surface area contributed by atoms with Gasteiger partial charge in [-0.25, -0.2) is 0 Å². The van der Waals surface area contributed by atoms with Gasteiger partial charge < -0.3 is 15.2 Å². The molecule has 1 aliphatic carbocycles. The molecule has 0 aromatic carbocycles. The maximum atomic E-state index is 11.4. The van der Waals surface area contributed by atoms with E-state index in [1.165, 1.54) is 0 Å². The topological polar surface area (TPSA) is 58.6 Å². The Morgan fingerprint density at radius 1 is 1.60 bits per heavy atom. The lowest BCUT2D eigenvalue weighted by atomic mass is 10.0. The van der Waals surface area contributed by atoms with Crippen LogP contribution in [0.1, 0.15) is 33.1 Å². The van der Waals surface area contributed by atoms with Crippen LogP contribution in [0.2, 0.25) is 0 Å². The molecule has 0 bridgehead atoms. The van der Waals surface area contributed by atoms with Gasteiger partial charge in [-0.1, -0.05) is 6.42 Å². The molecule has 1 saturated carbocycles. The molecule has 15 heavy (non-hydrogen) atoms. The van der Waals surface area contributed by atoms with E-state index in [0.717, 1.165) is 19.3 Å². The number of rotatable bonds is 5. The van der Waals surface area contributed by atoms with Gasteiger partial charge >= 0.3 is 5.97 Å². The van der Waals surface area contributed by atoms with E-state index in [0.29, 0.717) is 12.5 Å². The number of nitrogens with one attached hydrogen (secondary N) is 1. The first-order chi connectivity index (χ1) is 7.19. The summed E-state index contributed by atoms with van der Waals surface area (Å²) in [5, 5.41) is 12.4. The fraction of sp³-hybridized carbons (Fsp3) is 0.909. The lowest BCUT2D eigenvalue weighted by molar-refractivity contribution is -0.145.